The summed E-state index contributed by atoms with van der Waals surface area (Å²) in [4.78, 5) is 16.5. The van der Waals surface area contributed by atoms with Gasteiger partial charge in [-0.05, 0) is 18.9 Å². The number of aryl methyl sites for hydroxylation is 1. The Morgan fingerprint density at radius 3 is 2.72 bits per heavy atom. The maximum absolute atomic E-state index is 10.7. The van der Waals surface area contributed by atoms with E-state index in [0.29, 0.717) is 18.2 Å². The van der Waals surface area contributed by atoms with Gasteiger partial charge in [-0.3, -0.25) is 10.1 Å². The number of hydrogen-bond acceptors (Lipinski definition) is 5. The number of methoxy groups -OCH3 is 1. The van der Waals surface area contributed by atoms with Gasteiger partial charge in [0.15, 0.2) is 0 Å². The van der Waals surface area contributed by atoms with E-state index in [4.69, 9.17) is 4.74 Å². The van der Waals surface area contributed by atoms with E-state index < -0.39 is 4.92 Å². The lowest BCUT2D eigenvalue weighted by molar-refractivity contribution is -0.385. The minimum absolute atomic E-state index is 0.0529. The van der Waals surface area contributed by atoms with E-state index in [1.54, 1.807) is 20.1 Å². The Bertz CT molecular complexity index is 423. The maximum Gasteiger partial charge on any atom is 0.290 e. The van der Waals surface area contributed by atoms with Crippen LogP contribution in [-0.2, 0) is 4.74 Å². The standard InChI is InChI=1S/C12H19N3O3/c1-9(8-18-4)7-14(3)12-6-5-11(15(16)17)10(2)13-12/h5-6,9H,7-8H2,1-4H3. The fourth-order valence-electron chi connectivity index (χ4n) is 1.84. The number of pyridine rings is 1. The smallest absolute Gasteiger partial charge is 0.290 e. The van der Waals surface area contributed by atoms with E-state index in [1.807, 2.05) is 11.9 Å². The highest BCUT2D eigenvalue weighted by Gasteiger charge is 2.14. The molecule has 0 saturated carbocycles. The second kappa shape index (κ2) is 6.30. The van der Waals surface area contributed by atoms with Gasteiger partial charge < -0.3 is 9.64 Å². The Balaban J connectivity index is 2.78. The molecule has 1 rings (SSSR count). The van der Waals surface area contributed by atoms with Gasteiger partial charge in [0, 0.05) is 26.8 Å². The van der Waals surface area contributed by atoms with Crippen molar-refractivity contribution < 1.29 is 9.66 Å². The van der Waals surface area contributed by atoms with Gasteiger partial charge in [0.2, 0.25) is 0 Å². The van der Waals surface area contributed by atoms with Gasteiger partial charge in [-0.1, -0.05) is 6.92 Å². The summed E-state index contributed by atoms with van der Waals surface area (Å²) in [5, 5.41) is 10.7. The zero-order chi connectivity index (χ0) is 13.7. The number of ether oxygens (including phenoxy) is 1. The van der Waals surface area contributed by atoms with Crippen molar-refractivity contribution in [3.8, 4) is 0 Å². The Hall–Kier alpha value is -1.69. The first-order valence-electron chi connectivity index (χ1n) is 5.77. The van der Waals surface area contributed by atoms with Crippen LogP contribution >= 0.6 is 0 Å². The zero-order valence-corrected chi connectivity index (χ0v) is 11.2. The van der Waals surface area contributed by atoms with Gasteiger partial charge in [0.25, 0.3) is 5.69 Å². The molecule has 0 aromatic carbocycles. The van der Waals surface area contributed by atoms with Crippen molar-refractivity contribution in [3.63, 3.8) is 0 Å². The molecule has 0 aliphatic rings. The molecule has 0 amide bonds. The SMILES string of the molecule is COCC(C)CN(C)c1ccc([N+](=O)[O-])c(C)n1. The molecule has 0 spiro atoms. The Morgan fingerprint density at radius 2 is 2.22 bits per heavy atom. The van der Waals surface area contributed by atoms with Crippen molar-refractivity contribution in [2.75, 3.05) is 32.2 Å². The molecule has 0 aliphatic heterocycles. The Labute approximate surface area is 107 Å². The van der Waals surface area contributed by atoms with Crippen molar-refractivity contribution in [2.24, 2.45) is 5.92 Å². The molecule has 0 bridgehead atoms. The predicted octanol–water partition coefficient (Wildman–Crippen LogP) is 2.02. The molecule has 0 radical (unpaired) electrons. The lowest BCUT2D eigenvalue weighted by Gasteiger charge is -2.22. The molecule has 1 heterocycles. The minimum atomic E-state index is -0.417. The highest BCUT2D eigenvalue weighted by molar-refractivity contribution is 5.46. The van der Waals surface area contributed by atoms with E-state index in [0.717, 1.165) is 12.4 Å². The van der Waals surface area contributed by atoms with Gasteiger partial charge in [-0.25, -0.2) is 4.98 Å². The summed E-state index contributed by atoms with van der Waals surface area (Å²) in [5.74, 6) is 1.11. The van der Waals surface area contributed by atoms with Crippen LogP contribution in [0.25, 0.3) is 0 Å². The predicted molar refractivity (Wildman–Crippen MR) is 69.9 cm³/mol. The summed E-state index contributed by atoms with van der Waals surface area (Å²) in [6, 6.07) is 3.17. The fraction of sp³-hybridized carbons (Fsp3) is 0.583. The molecule has 18 heavy (non-hydrogen) atoms. The Morgan fingerprint density at radius 1 is 1.56 bits per heavy atom. The van der Waals surface area contributed by atoms with Crippen LogP contribution in [0.15, 0.2) is 12.1 Å². The van der Waals surface area contributed by atoms with Gasteiger partial charge in [-0.15, -0.1) is 0 Å². The highest BCUT2D eigenvalue weighted by atomic mass is 16.6. The zero-order valence-electron chi connectivity index (χ0n) is 11.2. The summed E-state index contributed by atoms with van der Waals surface area (Å²) in [6.45, 7) is 5.20. The van der Waals surface area contributed by atoms with Crippen molar-refractivity contribution in [3.05, 3.63) is 27.9 Å². The first-order chi connectivity index (χ1) is 8.45. The molecular weight excluding hydrogens is 234 g/mol. The number of nitro groups is 1. The number of aromatic nitrogens is 1. The first-order valence-corrected chi connectivity index (χ1v) is 5.77. The van der Waals surface area contributed by atoms with E-state index in [2.05, 4.69) is 11.9 Å². The van der Waals surface area contributed by atoms with Crippen LogP contribution in [0.2, 0.25) is 0 Å². The quantitative estimate of drug-likeness (QED) is 0.573. The third kappa shape index (κ3) is 3.66. The van der Waals surface area contributed by atoms with Gasteiger partial charge in [0.05, 0.1) is 11.5 Å². The van der Waals surface area contributed by atoms with Crippen molar-refractivity contribution >= 4 is 11.5 Å². The van der Waals surface area contributed by atoms with Crippen LogP contribution in [0.5, 0.6) is 0 Å². The monoisotopic (exact) mass is 253 g/mol. The maximum atomic E-state index is 10.7. The molecule has 1 unspecified atom stereocenters. The topological polar surface area (TPSA) is 68.5 Å². The van der Waals surface area contributed by atoms with Crippen LogP contribution in [0.4, 0.5) is 11.5 Å². The van der Waals surface area contributed by atoms with E-state index in [1.165, 1.54) is 6.07 Å². The molecule has 1 atom stereocenters. The van der Waals surface area contributed by atoms with E-state index >= 15 is 0 Å². The largest absolute Gasteiger partial charge is 0.384 e. The van der Waals surface area contributed by atoms with Crippen molar-refractivity contribution in [1.82, 2.24) is 4.98 Å². The average Bonchev–Trinajstić information content (AvgIpc) is 2.28. The van der Waals surface area contributed by atoms with Gasteiger partial charge in [0.1, 0.15) is 11.5 Å². The summed E-state index contributed by atoms with van der Waals surface area (Å²) >= 11 is 0. The molecule has 100 valence electrons. The van der Waals surface area contributed by atoms with Gasteiger partial charge in [-0.2, -0.15) is 0 Å². The first kappa shape index (κ1) is 14.4. The lowest BCUT2D eigenvalue weighted by atomic mass is 10.2. The number of anilines is 1. The van der Waals surface area contributed by atoms with Crippen molar-refractivity contribution in [2.45, 2.75) is 13.8 Å². The average molecular weight is 253 g/mol. The molecule has 0 fully saturated rings. The lowest BCUT2D eigenvalue weighted by Crippen LogP contribution is -2.27. The molecule has 6 nitrogen and oxygen atoms in total. The summed E-state index contributed by atoms with van der Waals surface area (Å²) < 4.78 is 5.08. The summed E-state index contributed by atoms with van der Waals surface area (Å²) in [5.41, 5.74) is 0.487. The van der Waals surface area contributed by atoms with E-state index in [9.17, 15) is 10.1 Å². The normalized spacial score (nSPS) is 12.2. The fourth-order valence-corrected chi connectivity index (χ4v) is 1.84. The van der Waals surface area contributed by atoms with Crippen LogP contribution in [-0.4, -0.2) is 37.2 Å². The molecule has 0 N–H and O–H groups in total. The number of rotatable bonds is 6. The number of hydrogen-bond donors (Lipinski definition) is 0. The summed E-state index contributed by atoms with van der Waals surface area (Å²) in [6.07, 6.45) is 0. The minimum Gasteiger partial charge on any atom is -0.384 e. The van der Waals surface area contributed by atoms with E-state index in [-0.39, 0.29) is 5.69 Å². The third-order valence-corrected chi connectivity index (χ3v) is 2.67. The molecule has 0 aliphatic carbocycles. The van der Waals surface area contributed by atoms with Crippen LogP contribution < -0.4 is 4.90 Å². The van der Waals surface area contributed by atoms with Crippen molar-refractivity contribution in [1.29, 1.82) is 0 Å². The molecular formula is C12H19N3O3. The van der Waals surface area contributed by atoms with Gasteiger partial charge >= 0.3 is 0 Å². The molecule has 0 saturated heterocycles. The molecule has 1 aromatic rings. The summed E-state index contributed by atoms with van der Waals surface area (Å²) in [7, 11) is 3.59. The molecule has 6 heteroatoms. The van der Waals surface area contributed by atoms with Crippen LogP contribution in [0, 0.1) is 23.0 Å². The highest BCUT2D eigenvalue weighted by Crippen LogP contribution is 2.20. The van der Waals surface area contributed by atoms with Crippen LogP contribution in [0.1, 0.15) is 12.6 Å². The second-order valence-electron chi connectivity index (χ2n) is 4.47. The third-order valence-electron chi connectivity index (χ3n) is 2.67. The number of nitrogens with zero attached hydrogens (tertiary/aromatic N) is 3. The Kier molecular flexibility index (Phi) is 5.03. The van der Waals surface area contributed by atoms with Crippen LogP contribution in [0.3, 0.4) is 0 Å². The second-order valence-corrected chi connectivity index (χ2v) is 4.47. The molecule has 1 aromatic heterocycles.